The van der Waals surface area contributed by atoms with Crippen molar-refractivity contribution in [3.63, 3.8) is 0 Å². The maximum absolute atomic E-state index is 13.4. The molecule has 3 N–H and O–H groups in total. The number of carbonyl (C=O) groups excluding carboxylic acids is 1. The van der Waals surface area contributed by atoms with Gasteiger partial charge in [0, 0.05) is 32.0 Å². The van der Waals surface area contributed by atoms with Crippen molar-refractivity contribution in [2.24, 2.45) is 0 Å². The molecular formula is C25H31N5O6S. The third-order valence-corrected chi connectivity index (χ3v) is 8.15. The molecule has 1 aliphatic rings. The summed E-state index contributed by atoms with van der Waals surface area (Å²) in [6.07, 6.45) is 1.12. The summed E-state index contributed by atoms with van der Waals surface area (Å²) < 4.78 is 40.0. The zero-order chi connectivity index (χ0) is 26.4. The number of hydrogen-bond donors (Lipinski definition) is 3. The van der Waals surface area contributed by atoms with Crippen LogP contribution in [0.5, 0.6) is 5.75 Å². The Morgan fingerprint density at radius 2 is 1.76 bits per heavy atom. The van der Waals surface area contributed by atoms with Gasteiger partial charge in [-0.3, -0.25) is 9.52 Å². The van der Waals surface area contributed by atoms with Gasteiger partial charge in [0.1, 0.15) is 12.4 Å². The van der Waals surface area contributed by atoms with Crippen molar-refractivity contribution in [2.75, 3.05) is 50.6 Å². The van der Waals surface area contributed by atoms with Crippen LogP contribution in [0.1, 0.15) is 18.4 Å². The molecule has 4 rings (SSSR count). The van der Waals surface area contributed by atoms with Gasteiger partial charge < -0.3 is 24.8 Å². The van der Waals surface area contributed by atoms with Gasteiger partial charge in [0.15, 0.2) is 11.6 Å². The van der Waals surface area contributed by atoms with Crippen molar-refractivity contribution < 1.29 is 27.8 Å². The van der Waals surface area contributed by atoms with E-state index in [2.05, 4.69) is 20.0 Å². The highest BCUT2D eigenvalue weighted by Crippen LogP contribution is 2.31. The Bertz CT molecular complexity index is 1360. The number of para-hydroxylation sites is 2. The number of carbonyl (C=O) groups is 1. The van der Waals surface area contributed by atoms with Gasteiger partial charge in [-0.15, -0.1) is 0 Å². The van der Waals surface area contributed by atoms with Gasteiger partial charge in [0.05, 0.1) is 30.0 Å². The Hall–Kier alpha value is -3.48. The average molecular weight is 530 g/mol. The summed E-state index contributed by atoms with van der Waals surface area (Å²) in [4.78, 5) is 22.5. The highest BCUT2D eigenvalue weighted by molar-refractivity contribution is 7.93. The van der Waals surface area contributed by atoms with Crippen molar-refractivity contribution in [1.82, 2.24) is 14.9 Å². The van der Waals surface area contributed by atoms with Crippen LogP contribution in [0.2, 0.25) is 0 Å². The summed E-state index contributed by atoms with van der Waals surface area (Å²) in [6, 6.07) is 12.8. The number of rotatable bonds is 10. The summed E-state index contributed by atoms with van der Waals surface area (Å²) in [5, 5.41) is 11.6. The highest BCUT2D eigenvalue weighted by Gasteiger charge is 2.32. The fraction of sp³-hybridized carbons (Fsp3) is 0.400. The van der Waals surface area contributed by atoms with Crippen LogP contribution >= 0.6 is 0 Å². The van der Waals surface area contributed by atoms with Gasteiger partial charge in [-0.05, 0) is 43.0 Å². The van der Waals surface area contributed by atoms with E-state index >= 15 is 0 Å². The summed E-state index contributed by atoms with van der Waals surface area (Å²) >= 11 is 0. The first-order valence-electron chi connectivity index (χ1n) is 11.9. The standard InChI is InChI=1S/C25H31N5O6S/c1-35-14-11-17-7-8-18(36-2)15-22(17)28-24-25(27-21-6-4-3-5-20(21)26-24)29-37(33,34)19-9-12-30(13-10-19)23(32)16-31/h3-8,15,19,31H,9-14,16H2,1-2H3,(H,26,28)(H,27,29). The topological polar surface area (TPSA) is 143 Å². The molecule has 0 bridgehead atoms. The summed E-state index contributed by atoms with van der Waals surface area (Å²) in [5.41, 5.74) is 2.77. The number of sulfonamides is 1. The second-order valence-electron chi connectivity index (χ2n) is 8.69. The highest BCUT2D eigenvalue weighted by atomic mass is 32.2. The molecule has 1 aliphatic heterocycles. The molecule has 1 fully saturated rings. The van der Waals surface area contributed by atoms with E-state index < -0.39 is 27.8 Å². The summed E-state index contributed by atoms with van der Waals surface area (Å²) in [6.45, 7) is 0.424. The number of ether oxygens (including phenoxy) is 2. The lowest BCUT2D eigenvalue weighted by atomic mass is 10.1. The first-order chi connectivity index (χ1) is 17.8. The van der Waals surface area contributed by atoms with Gasteiger partial charge >= 0.3 is 0 Å². The predicted molar refractivity (Wildman–Crippen MR) is 141 cm³/mol. The number of benzene rings is 2. The van der Waals surface area contributed by atoms with Crippen molar-refractivity contribution >= 4 is 44.3 Å². The Morgan fingerprint density at radius 1 is 1.08 bits per heavy atom. The smallest absolute Gasteiger partial charge is 0.248 e. The van der Waals surface area contributed by atoms with Crippen molar-refractivity contribution in [1.29, 1.82) is 0 Å². The molecule has 2 heterocycles. The number of aliphatic hydroxyl groups excluding tert-OH is 1. The van der Waals surface area contributed by atoms with E-state index in [1.165, 1.54) is 4.90 Å². The monoisotopic (exact) mass is 529 g/mol. The lowest BCUT2D eigenvalue weighted by Gasteiger charge is -2.31. The maximum atomic E-state index is 13.4. The Kier molecular flexibility index (Phi) is 8.41. The minimum Gasteiger partial charge on any atom is -0.497 e. The van der Waals surface area contributed by atoms with E-state index in [9.17, 15) is 13.2 Å². The van der Waals surface area contributed by atoms with Crippen LogP contribution in [0, 0.1) is 0 Å². The molecule has 2 aromatic carbocycles. The maximum Gasteiger partial charge on any atom is 0.248 e. The van der Waals surface area contributed by atoms with Crippen molar-refractivity contribution in [2.45, 2.75) is 24.5 Å². The van der Waals surface area contributed by atoms with Gasteiger partial charge in [-0.25, -0.2) is 18.4 Å². The van der Waals surface area contributed by atoms with E-state index in [1.54, 1.807) is 32.4 Å². The van der Waals surface area contributed by atoms with Crippen LogP contribution in [0.4, 0.5) is 17.3 Å². The number of hydrogen-bond acceptors (Lipinski definition) is 9. The van der Waals surface area contributed by atoms with E-state index in [0.29, 0.717) is 35.5 Å². The number of aromatic nitrogens is 2. The molecule has 0 radical (unpaired) electrons. The van der Waals surface area contributed by atoms with Crippen LogP contribution < -0.4 is 14.8 Å². The van der Waals surface area contributed by atoms with Crippen LogP contribution in [-0.2, 0) is 26.0 Å². The molecule has 198 valence electrons. The molecule has 1 saturated heterocycles. The minimum atomic E-state index is -3.85. The number of methoxy groups -OCH3 is 2. The molecule has 0 unspecified atom stereocenters. The predicted octanol–water partition coefficient (Wildman–Crippen LogP) is 2.30. The second kappa shape index (κ2) is 11.7. The number of nitrogens with zero attached hydrogens (tertiary/aromatic N) is 3. The quantitative estimate of drug-likeness (QED) is 0.360. The van der Waals surface area contributed by atoms with Gasteiger partial charge in [0.2, 0.25) is 15.9 Å². The Labute approximate surface area is 215 Å². The van der Waals surface area contributed by atoms with E-state index in [4.69, 9.17) is 14.6 Å². The molecule has 12 heteroatoms. The van der Waals surface area contributed by atoms with E-state index in [0.717, 1.165) is 5.56 Å². The molecule has 0 spiro atoms. The Morgan fingerprint density at radius 3 is 2.38 bits per heavy atom. The Balaban J connectivity index is 1.66. The summed E-state index contributed by atoms with van der Waals surface area (Å²) in [5.74, 6) is 0.553. The van der Waals surface area contributed by atoms with Crippen LogP contribution in [0.25, 0.3) is 11.0 Å². The minimum absolute atomic E-state index is 0.0769. The van der Waals surface area contributed by atoms with Crippen LogP contribution in [0.15, 0.2) is 42.5 Å². The third-order valence-electron chi connectivity index (χ3n) is 6.32. The number of piperidine rings is 1. The molecule has 37 heavy (non-hydrogen) atoms. The average Bonchev–Trinajstić information content (AvgIpc) is 2.92. The van der Waals surface area contributed by atoms with Crippen LogP contribution in [0.3, 0.4) is 0 Å². The molecule has 3 aromatic rings. The van der Waals surface area contributed by atoms with Gasteiger partial charge in [-0.1, -0.05) is 18.2 Å². The number of likely N-dealkylation sites (tertiary alicyclic amines) is 1. The molecule has 11 nitrogen and oxygen atoms in total. The first kappa shape index (κ1) is 26.6. The molecule has 0 saturated carbocycles. The normalized spacial score (nSPS) is 14.5. The number of fused-ring (bicyclic) bond motifs is 1. The molecule has 0 atom stereocenters. The second-order valence-corrected chi connectivity index (χ2v) is 10.6. The van der Waals surface area contributed by atoms with E-state index in [-0.39, 0.29) is 37.6 Å². The number of anilines is 3. The lowest BCUT2D eigenvalue weighted by Crippen LogP contribution is -2.44. The molecule has 1 amide bonds. The fourth-order valence-corrected chi connectivity index (χ4v) is 5.66. The molecule has 1 aromatic heterocycles. The third kappa shape index (κ3) is 6.27. The number of amides is 1. The fourth-order valence-electron chi connectivity index (χ4n) is 4.25. The van der Waals surface area contributed by atoms with Crippen LogP contribution in [-0.4, -0.2) is 80.1 Å². The van der Waals surface area contributed by atoms with Crippen molar-refractivity contribution in [3.05, 3.63) is 48.0 Å². The largest absolute Gasteiger partial charge is 0.497 e. The first-order valence-corrected chi connectivity index (χ1v) is 13.5. The van der Waals surface area contributed by atoms with E-state index in [1.807, 2.05) is 24.3 Å². The lowest BCUT2D eigenvalue weighted by molar-refractivity contribution is -0.135. The van der Waals surface area contributed by atoms with Crippen molar-refractivity contribution in [3.8, 4) is 5.75 Å². The molecular weight excluding hydrogens is 498 g/mol. The molecule has 0 aliphatic carbocycles. The SMILES string of the molecule is COCCc1ccc(OC)cc1Nc1nc2ccccc2nc1NS(=O)(=O)C1CCN(C(=O)CO)CC1. The summed E-state index contributed by atoms with van der Waals surface area (Å²) in [7, 11) is -0.651. The van der Waals surface area contributed by atoms with Gasteiger partial charge in [-0.2, -0.15) is 0 Å². The zero-order valence-electron chi connectivity index (χ0n) is 20.8. The number of aliphatic hydroxyl groups is 1. The van der Waals surface area contributed by atoms with Gasteiger partial charge in [0.25, 0.3) is 0 Å². The number of nitrogens with one attached hydrogen (secondary N) is 2. The zero-order valence-corrected chi connectivity index (χ0v) is 21.6.